The number of rotatable bonds is 13. The number of aliphatic hydroxyl groups excluding tert-OH is 1. The zero-order valence-electron chi connectivity index (χ0n) is 13.2. The van der Waals surface area contributed by atoms with Gasteiger partial charge in [0.2, 0.25) is 0 Å². The molecule has 0 saturated carbocycles. The number of carboxylic acid groups (broad SMARTS) is 1. The first-order valence-electron chi connectivity index (χ1n) is 8.05. The molecule has 3 heteroatoms. The number of carbonyl (C=O) groups is 1. The van der Waals surface area contributed by atoms with Gasteiger partial charge in [0.05, 0.1) is 6.10 Å². The molecule has 0 aromatic rings. The highest BCUT2D eigenvalue weighted by Crippen LogP contribution is 2.03. The Balaban J connectivity index is 3.56. The van der Waals surface area contributed by atoms with E-state index in [0.29, 0.717) is 6.42 Å². The van der Waals surface area contributed by atoms with Crippen molar-refractivity contribution in [3.63, 3.8) is 0 Å². The maximum Gasteiger partial charge on any atom is 0.303 e. The van der Waals surface area contributed by atoms with Crippen molar-refractivity contribution in [2.75, 3.05) is 0 Å². The number of aliphatic carboxylic acids is 1. The van der Waals surface area contributed by atoms with E-state index in [-0.39, 0.29) is 6.42 Å². The molecule has 0 aromatic carbocycles. The van der Waals surface area contributed by atoms with Crippen molar-refractivity contribution < 1.29 is 15.0 Å². The lowest BCUT2D eigenvalue weighted by Gasteiger charge is -1.99. The van der Waals surface area contributed by atoms with Crippen molar-refractivity contribution >= 4 is 5.97 Å². The summed E-state index contributed by atoms with van der Waals surface area (Å²) in [6.45, 7) is 2.19. The summed E-state index contributed by atoms with van der Waals surface area (Å²) in [7, 11) is 0. The molecule has 0 rings (SSSR count). The number of unbranched alkanes of at least 4 members (excludes halogenated alkanes) is 5. The van der Waals surface area contributed by atoms with E-state index in [1.54, 1.807) is 6.08 Å². The summed E-state index contributed by atoms with van der Waals surface area (Å²) in [6, 6.07) is 0. The summed E-state index contributed by atoms with van der Waals surface area (Å²) in [6.07, 6.45) is 19.5. The highest BCUT2D eigenvalue weighted by molar-refractivity contribution is 5.66. The summed E-state index contributed by atoms with van der Waals surface area (Å²) < 4.78 is 0. The first kappa shape index (κ1) is 19.7. The molecule has 0 aliphatic carbocycles. The van der Waals surface area contributed by atoms with E-state index in [2.05, 4.69) is 13.0 Å². The number of hydrogen-bond donors (Lipinski definition) is 2. The lowest BCUT2D eigenvalue weighted by Crippen LogP contribution is -1.98. The quantitative estimate of drug-likeness (QED) is 0.296. The fourth-order valence-corrected chi connectivity index (χ4v) is 1.85. The molecule has 2 N–H and O–H groups in total. The second-order valence-electron chi connectivity index (χ2n) is 5.22. The van der Waals surface area contributed by atoms with Gasteiger partial charge in [-0.1, -0.05) is 56.2 Å². The Morgan fingerprint density at radius 1 is 1.00 bits per heavy atom. The van der Waals surface area contributed by atoms with E-state index < -0.39 is 12.1 Å². The Morgan fingerprint density at radius 3 is 2.43 bits per heavy atom. The zero-order chi connectivity index (χ0) is 15.8. The Hall–Kier alpha value is -1.35. The summed E-state index contributed by atoms with van der Waals surface area (Å²) in [5.74, 6) is -0.732. The molecule has 120 valence electrons. The molecule has 0 aromatic heterocycles. The monoisotopic (exact) mass is 294 g/mol. The number of carboxylic acids is 1. The van der Waals surface area contributed by atoms with Gasteiger partial charge in [-0.05, 0) is 38.5 Å². The maximum absolute atomic E-state index is 10.3. The zero-order valence-corrected chi connectivity index (χ0v) is 13.2. The summed E-state index contributed by atoms with van der Waals surface area (Å²) in [4.78, 5) is 10.3. The van der Waals surface area contributed by atoms with Gasteiger partial charge >= 0.3 is 5.97 Å². The number of allylic oxidation sites excluding steroid dienone is 4. The first-order valence-corrected chi connectivity index (χ1v) is 8.05. The first-order chi connectivity index (χ1) is 10.2. The Kier molecular flexibility index (Phi) is 14.1. The van der Waals surface area contributed by atoms with Crippen molar-refractivity contribution in [2.45, 2.75) is 70.8 Å². The van der Waals surface area contributed by atoms with Gasteiger partial charge in [-0.2, -0.15) is 0 Å². The third kappa shape index (κ3) is 16.6. The molecule has 0 heterocycles. The average Bonchev–Trinajstić information content (AvgIpc) is 2.45. The van der Waals surface area contributed by atoms with Crippen LogP contribution < -0.4 is 0 Å². The predicted molar refractivity (Wildman–Crippen MR) is 88.3 cm³/mol. The molecule has 0 amide bonds. The molecule has 0 fully saturated rings. The van der Waals surface area contributed by atoms with Crippen molar-refractivity contribution in [2.24, 2.45) is 0 Å². The largest absolute Gasteiger partial charge is 0.481 e. The molecule has 0 aliphatic heterocycles. The molecular weight excluding hydrogens is 264 g/mol. The van der Waals surface area contributed by atoms with Crippen LogP contribution in [-0.4, -0.2) is 22.3 Å². The van der Waals surface area contributed by atoms with Crippen LogP contribution in [0.15, 0.2) is 36.5 Å². The van der Waals surface area contributed by atoms with E-state index in [1.807, 2.05) is 24.3 Å². The summed E-state index contributed by atoms with van der Waals surface area (Å²) in [5.41, 5.74) is 0. The van der Waals surface area contributed by atoms with Crippen molar-refractivity contribution in [1.29, 1.82) is 0 Å². The molecule has 3 nitrogen and oxygen atoms in total. The van der Waals surface area contributed by atoms with Crippen molar-refractivity contribution in [1.82, 2.24) is 0 Å². The lowest BCUT2D eigenvalue weighted by atomic mass is 10.1. The van der Waals surface area contributed by atoms with E-state index in [0.717, 1.165) is 25.7 Å². The smallest absolute Gasteiger partial charge is 0.303 e. The second-order valence-corrected chi connectivity index (χ2v) is 5.22. The summed E-state index contributed by atoms with van der Waals surface area (Å²) >= 11 is 0. The highest BCUT2D eigenvalue weighted by atomic mass is 16.4. The molecular formula is C18H30O3. The fourth-order valence-electron chi connectivity index (χ4n) is 1.85. The standard InChI is InChI=1S/C18H30O3/c1-2-3-4-5-8-11-14-17(19)15-12-9-6-7-10-13-16-18(20)21/h6,8-9,11-12,15,17,19H,2-5,7,10,13-14,16H2,1H3,(H,20,21). The van der Waals surface area contributed by atoms with Gasteiger partial charge in [-0.15, -0.1) is 0 Å². The van der Waals surface area contributed by atoms with Gasteiger partial charge in [0.15, 0.2) is 0 Å². The van der Waals surface area contributed by atoms with Gasteiger partial charge < -0.3 is 10.2 Å². The van der Waals surface area contributed by atoms with Gasteiger partial charge in [-0.25, -0.2) is 0 Å². The Bertz CT molecular complexity index is 329. The number of hydrogen-bond acceptors (Lipinski definition) is 2. The van der Waals surface area contributed by atoms with Crippen LogP contribution in [0.2, 0.25) is 0 Å². The Labute approximate surface area is 129 Å². The third-order valence-electron chi connectivity index (χ3n) is 3.11. The maximum atomic E-state index is 10.3. The normalized spacial score (nSPS) is 13.6. The van der Waals surface area contributed by atoms with Gasteiger partial charge in [-0.3, -0.25) is 4.79 Å². The molecule has 0 aliphatic rings. The molecule has 0 spiro atoms. The highest BCUT2D eigenvalue weighted by Gasteiger charge is 1.94. The van der Waals surface area contributed by atoms with Crippen LogP contribution in [0.1, 0.15) is 64.7 Å². The van der Waals surface area contributed by atoms with Crippen molar-refractivity contribution in [3.8, 4) is 0 Å². The minimum atomic E-state index is -0.732. The topological polar surface area (TPSA) is 57.5 Å². The predicted octanol–water partition coefficient (Wildman–Crippen LogP) is 4.63. The van der Waals surface area contributed by atoms with Gasteiger partial charge in [0.25, 0.3) is 0 Å². The van der Waals surface area contributed by atoms with Crippen LogP contribution in [0.25, 0.3) is 0 Å². The van der Waals surface area contributed by atoms with Crippen LogP contribution in [0.3, 0.4) is 0 Å². The second kappa shape index (κ2) is 15.0. The molecule has 0 radical (unpaired) electrons. The molecule has 0 bridgehead atoms. The molecule has 0 saturated heterocycles. The fraction of sp³-hybridized carbons (Fsp3) is 0.611. The lowest BCUT2D eigenvalue weighted by molar-refractivity contribution is -0.137. The minimum Gasteiger partial charge on any atom is -0.481 e. The molecule has 1 unspecified atom stereocenters. The van der Waals surface area contributed by atoms with Crippen molar-refractivity contribution in [3.05, 3.63) is 36.5 Å². The van der Waals surface area contributed by atoms with Gasteiger partial charge in [0, 0.05) is 6.42 Å². The van der Waals surface area contributed by atoms with Crippen LogP contribution >= 0.6 is 0 Å². The molecule has 21 heavy (non-hydrogen) atoms. The van der Waals surface area contributed by atoms with E-state index >= 15 is 0 Å². The van der Waals surface area contributed by atoms with E-state index in [9.17, 15) is 9.90 Å². The minimum absolute atomic E-state index is 0.243. The third-order valence-corrected chi connectivity index (χ3v) is 3.11. The molecule has 1 atom stereocenters. The number of aliphatic hydroxyl groups is 1. The SMILES string of the molecule is CCCCCC=CCC(O)C=CC=CCCCCC(=O)O. The van der Waals surface area contributed by atoms with Crippen LogP contribution in [0.5, 0.6) is 0 Å². The van der Waals surface area contributed by atoms with E-state index in [4.69, 9.17) is 5.11 Å². The van der Waals surface area contributed by atoms with Crippen LogP contribution in [0.4, 0.5) is 0 Å². The summed E-state index contributed by atoms with van der Waals surface area (Å²) in [5, 5.41) is 18.2. The Morgan fingerprint density at radius 2 is 1.71 bits per heavy atom. The van der Waals surface area contributed by atoms with Crippen LogP contribution in [-0.2, 0) is 4.79 Å². The van der Waals surface area contributed by atoms with Gasteiger partial charge in [0.1, 0.15) is 0 Å². The van der Waals surface area contributed by atoms with E-state index in [1.165, 1.54) is 19.3 Å². The average molecular weight is 294 g/mol. The van der Waals surface area contributed by atoms with Crippen LogP contribution in [0, 0.1) is 0 Å².